The van der Waals surface area contributed by atoms with Gasteiger partial charge in [-0.25, -0.2) is 0 Å². The maximum absolute atomic E-state index is 12.2. The van der Waals surface area contributed by atoms with Gasteiger partial charge in [-0.2, -0.15) is 0 Å². The fourth-order valence-electron chi connectivity index (χ4n) is 2.41. The Labute approximate surface area is 156 Å². The van der Waals surface area contributed by atoms with Gasteiger partial charge in [-0.15, -0.1) is 0 Å². The number of rotatable bonds is 6. The number of carbonyl (C=O) groups excluding carboxylic acids is 1. The number of halogens is 2. The molecule has 0 spiro atoms. The van der Waals surface area contributed by atoms with Crippen molar-refractivity contribution in [2.24, 2.45) is 0 Å². The Kier molecular flexibility index (Phi) is 6.51. The highest BCUT2D eigenvalue weighted by Gasteiger charge is 2.16. The van der Waals surface area contributed by atoms with Crippen molar-refractivity contribution in [3.8, 4) is 5.75 Å². The Morgan fingerprint density at radius 1 is 1.24 bits per heavy atom. The lowest BCUT2D eigenvalue weighted by Crippen LogP contribution is -2.28. The molecule has 7 heteroatoms. The van der Waals surface area contributed by atoms with Crippen LogP contribution >= 0.6 is 23.2 Å². The van der Waals surface area contributed by atoms with E-state index in [4.69, 9.17) is 23.2 Å². The molecule has 1 aromatic heterocycles. The molecule has 0 atom stereocenters. The molecule has 2 N–H and O–H groups in total. The van der Waals surface area contributed by atoms with E-state index in [0.29, 0.717) is 23.0 Å². The fraction of sp³-hybridized carbons (Fsp3) is 0.333. The first-order valence-electron chi connectivity index (χ1n) is 7.97. The SMILES string of the molecule is CC(C)n1ccc(C(=O)NCCCc2ccc(Cl)c(Cl)c2)c(O)c1=O. The average molecular weight is 383 g/mol. The number of hydrogen-bond donors (Lipinski definition) is 2. The van der Waals surface area contributed by atoms with Crippen LogP contribution in [0, 0.1) is 0 Å². The van der Waals surface area contributed by atoms with Gasteiger partial charge >= 0.3 is 0 Å². The van der Waals surface area contributed by atoms with Crippen LogP contribution in [0.25, 0.3) is 0 Å². The van der Waals surface area contributed by atoms with Gasteiger partial charge in [0.05, 0.1) is 15.6 Å². The summed E-state index contributed by atoms with van der Waals surface area (Å²) in [5, 5.41) is 13.7. The third-order valence-electron chi connectivity index (χ3n) is 3.81. The lowest BCUT2D eigenvalue weighted by molar-refractivity contribution is 0.0950. The summed E-state index contributed by atoms with van der Waals surface area (Å²) in [4.78, 5) is 24.2. The largest absolute Gasteiger partial charge is 0.502 e. The van der Waals surface area contributed by atoms with E-state index in [9.17, 15) is 14.7 Å². The van der Waals surface area contributed by atoms with Gasteiger partial charge in [0.1, 0.15) is 0 Å². The van der Waals surface area contributed by atoms with Crippen molar-refractivity contribution in [3.63, 3.8) is 0 Å². The minimum absolute atomic E-state index is 0.0172. The first kappa shape index (κ1) is 19.3. The molecule has 0 fully saturated rings. The quantitative estimate of drug-likeness (QED) is 0.746. The molecule has 0 aliphatic carbocycles. The van der Waals surface area contributed by atoms with Crippen molar-refractivity contribution < 1.29 is 9.90 Å². The Balaban J connectivity index is 1.93. The minimum Gasteiger partial charge on any atom is -0.502 e. The van der Waals surface area contributed by atoms with Crippen molar-refractivity contribution in [2.45, 2.75) is 32.7 Å². The zero-order valence-corrected chi connectivity index (χ0v) is 15.6. The lowest BCUT2D eigenvalue weighted by Gasteiger charge is -2.12. The van der Waals surface area contributed by atoms with Crippen molar-refractivity contribution in [2.75, 3.05) is 6.54 Å². The molecule has 2 rings (SSSR count). The fourth-order valence-corrected chi connectivity index (χ4v) is 2.73. The summed E-state index contributed by atoms with van der Waals surface area (Å²) in [5.41, 5.74) is 0.431. The molecule has 0 aliphatic heterocycles. The Morgan fingerprint density at radius 3 is 2.60 bits per heavy atom. The van der Waals surface area contributed by atoms with Crippen LogP contribution in [-0.2, 0) is 6.42 Å². The summed E-state index contributed by atoms with van der Waals surface area (Å²) in [7, 11) is 0. The summed E-state index contributed by atoms with van der Waals surface area (Å²) >= 11 is 11.8. The number of nitrogens with one attached hydrogen (secondary N) is 1. The molecule has 1 aromatic carbocycles. The second-order valence-corrected chi connectivity index (χ2v) is 6.81. The number of benzene rings is 1. The molecule has 1 amide bonds. The van der Waals surface area contributed by atoms with Crippen LogP contribution in [0.4, 0.5) is 0 Å². The number of aromatic hydroxyl groups is 1. The first-order valence-corrected chi connectivity index (χ1v) is 8.73. The van der Waals surface area contributed by atoms with Gasteiger partial charge in [-0.1, -0.05) is 29.3 Å². The molecule has 0 bridgehead atoms. The van der Waals surface area contributed by atoms with E-state index in [0.717, 1.165) is 12.0 Å². The molecule has 0 saturated heterocycles. The standard InChI is InChI=1S/C18H20Cl2N2O3/c1-11(2)22-9-7-13(16(23)18(22)25)17(24)21-8-3-4-12-5-6-14(19)15(20)10-12/h5-7,9-11,23H,3-4,8H2,1-2H3,(H,21,24). The third-order valence-corrected chi connectivity index (χ3v) is 4.55. The smallest absolute Gasteiger partial charge is 0.293 e. The van der Waals surface area contributed by atoms with E-state index < -0.39 is 17.2 Å². The summed E-state index contributed by atoms with van der Waals surface area (Å²) in [6.07, 6.45) is 2.92. The monoisotopic (exact) mass is 382 g/mol. The highest BCUT2D eigenvalue weighted by atomic mass is 35.5. The highest BCUT2D eigenvalue weighted by molar-refractivity contribution is 6.42. The van der Waals surface area contributed by atoms with Crippen molar-refractivity contribution in [3.05, 3.63) is 62.0 Å². The van der Waals surface area contributed by atoms with Crippen LogP contribution in [0.2, 0.25) is 10.0 Å². The summed E-state index contributed by atoms with van der Waals surface area (Å²) in [6, 6.07) is 6.77. The minimum atomic E-state index is -0.571. The number of amides is 1. The van der Waals surface area contributed by atoms with Crippen molar-refractivity contribution >= 4 is 29.1 Å². The van der Waals surface area contributed by atoms with Gasteiger partial charge in [-0.3, -0.25) is 9.59 Å². The van der Waals surface area contributed by atoms with E-state index in [1.807, 2.05) is 19.9 Å². The number of hydrogen-bond acceptors (Lipinski definition) is 3. The van der Waals surface area contributed by atoms with Crippen molar-refractivity contribution in [1.82, 2.24) is 9.88 Å². The summed E-state index contributed by atoms with van der Waals surface area (Å²) in [6.45, 7) is 4.05. The van der Waals surface area contributed by atoms with Crippen LogP contribution < -0.4 is 10.9 Å². The van der Waals surface area contributed by atoms with Crippen LogP contribution in [0.15, 0.2) is 35.3 Å². The summed E-state index contributed by atoms with van der Waals surface area (Å²) < 4.78 is 1.37. The molecule has 2 aromatic rings. The lowest BCUT2D eigenvalue weighted by atomic mass is 10.1. The zero-order chi connectivity index (χ0) is 18.6. The summed E-state index contributed by atoms with van der Waals surface area (Å²) in [5.74, 6) is -1.00. The van der Waals surface area contributed by atoms with Gasteiger partial charge in [-0.05, 0) is 50.5 Å². The Hall–Kier alpha value is -1.98. The third kappa shape index (κ3) is 4.77. The molecular weight excluding hydrogens is 363 g/mol. The predicted molar refractivity (Wildman–Crippen MR) is 99.9 cm³/mol. The number of aromatic nitrogens is 1. The number of pyridine rings is 1. The second kappa shape index (κ2) is 8.41. The topological polar surface area (TPSA) is 71.3 Å². The average Bonchev–Trinajstić information content (AvgIpc) is 2.56. The Bertz CT molecular complexity index is 832. The van der Waals surface area contributed by atoms with Gasteiger partial charge in [0.25, 0.3) is 11.5 Å². The second-order valence-electron chi connectivity index (χ2n) is 5.99. The van der Waals surface area contributed by atoms with E-state index in [2.05, 4.69) is 5.32 Å². The number of nitrogens with zero attached hydrogens (tertiary/aromatic N) is 1. The highest BCUT2D eigenvalue weighted by Crippen LogP contribution is 2.23. The Morgan fingerprint density at radius 2 is 1.96 bits per heavy atom. The van der Waals surface area contributed by atoms with E-state index in [1.165, 1.54) is 16.8 Å². The van der Waals surface area contributed by atoms with E-state index >= 15 is 0 Å². The molecule has 0 radical (unpaired) electrons. The molecule has 134 valence electrons. The van der Waals surface area contributed by atoms with Crippen LogP contribution in [0.3, 0.4) is 0 Å². The van der Waals surface area contributed by atoms with Gasteiger partial charge in [0.15, 0.2) is 5.75 Å². The van der Waals surface area contributed by atoms with Crippen LogP contribution in [0.1, 0.15) is 42.2 Å². The first-order chi connectivity index (χ1) is 11.8. The predicted octanol–water partition coefficient (Wildman–Crippen LogP) is 3.80. The maximum atomic E-state index is 12.2. The molecule has 0 aliphatic rings. The molecule has 5 nitrogen and oxygen atoms in total. The van der Waals surface area contributed by atoms with Crippen LogP contribution in [0.5, 0.6) is 5.75 Å². The van der Waals surface area contributed by atoms with Gasteiger partial charge in [0.2, 0.25) is 0 Å². The number of carbonyl (C=O) groups is 1. The normalized spacial score (nSPS) is 10.9. The van der Waals surface area contributed by atoms with Crippen LogP contribution in [-0.4, -0.2) is 22.1 Å². The van der Waals surface area contributed by atoms with Gasteiger partial charge < -0.3 is 15.0 Å². The number of aryl methyl sites for hydroxylation is 1. The molecule has 0 saturated carbocycles. The van der Waals surface area contributed by atoms with Crippen molar-refractivity contribution in [1.29, 1.82) is 0 Å². The maximum Gasteiger partial charge on any atom is 0.293 e. The molecule has 0 unspecified atom stereocenters. The molecule has 1 heterocycles. The molecular formula is C18H20Cl2N2O3. The van der Waals surface area contributed by atoms with E-state index in [1.54, 1.807) is 12.1 Å². The van der Waals surface area contributed by atoms with E-state index in [-0.39, 0.29) is 11.6 Å². The zero-order valence-electron chi connectivity index (χ0n) is 14.1. The van der Waals surface area contributed by atoms with Gasteiger partial charge in [0, 0.05) is 18.8 Å². The molecule has 25 heavy (non-hydrogen) atoms.